The van der Waals surface area contributed by atoms with Crippen molar-refractivity contribution in [1.82, 2.24) is 0 Å². The molecule has 1 aliphatic rings. The molecule has 0 atom stereocenters. The van der Waals surface area contributed by atoms with Gasteiger partial charge in [-0.2, -0.15) is 0 Å². The molecule has 0 unspecified atom stereocenters. The van der Waals surface area contributed by atoms with Gasteiger partial charge in [0.25, 0.3) is 0 Å². The third kappa shape index (κ3) is 33.8. The van der Waals surface area contributed by atoms with Crippen LogP contribution in [-0.4, -0.2) is 34.8 Å². The summed E-state index contributed by atoms with van der Waals surface area (Å²) in [5, 5.41) is 4.72. The summed E-state index contributed by atoms with van der Waals surface area (Å²) >= 11 is 0. The molecule has 2 nitrogen and oxygen atoms in total. The van der Waals surface area contributed by atoms with Gasteiger partial charge in [0.05, 0.1) is 0 Å². The molecular weight excluding hydrogens is 218 g/mol. The third-order valence-electron chi connectivity index (χ3n) is 1.15. The number of hydrogen-bond donors (Lipinski definition) is 2. The van der Waals surface area contributed by atoms with Gasteiger partial charge in [-0.15, -0.1) is 0 Å². The fraction of sp³-hybridized carbons (Fsp3) is 1.00. The molecular formula is C4H12F6N2Si. The fourth-order valence-electron chi connectivity index (χ4n) is 0.760. The van der Waals surface area contributed by atoms with Crippen molar-refractivity contribution in [2.24, 2.45) is 0 Å². The van der Waals surface area contributed by atoms with E-state index in [1.54, 1.807) is 0 Å². The van der Waals surface area contributed by atoms with E-state index < -0.39 is 8.63 Å². The molecule has 0 aliphatic carbocycles. The van der Waals surface area contributed by atoms with E-state index in [2.05, 4.69) is 10.6 Å². The Morgan fingerprint density at radius 1 is 0.615 bits per heavy atom. The average molecular weight is 230 g/mol. The summed E-state index contributed by atoms with van der Waals surface area (Å²) in [5.41, 5.74) is 0. The van der Waals surface area contributed by atoms with Crippen LogP contribution in [0.3, 0.4) is 0 Å². The maximum atomic E-state index is 9.88. The summed E-state index contributed by atoms with van der Waals surface area (Å²) in [6.45, 7) is 5.28. The Labute approximate surface area is 71.2 Å². The Bertz CT molecular complexity index is 133. The van der Waals surface area contributed by atoms with Crippen LogP contribution in [0, 0.1) is 0 Å². The summed E-state index contributed by atoms with van der Waals surface area (Å²) in [7, 11) is -10.8. The van der Waals surface area contributed by atoms with Crippen LogP contribution in [-0.2, 0) is 0 Å². The minimum absolute atomic E-state index is 1.32. The van der Waals surface area contributed by atoms with E-state index in [-0.39, 0.29) is 0 Å². The van der Waals surface area contributed by atoms with Gasteiger partial charge in [-0.25, -0.2) is 0 Å². The van der Waals surface area contributed by atoms with Crippen molar-refractivity contribution in [3.63, 3.8) is 0 Å². The first-order valence-corrected chi connectivity index (χ1v) is 6.03. The molecule has 0 aromatic carbocycles. The van der Waals surface area contributed by atoms with Crippen molar-refractivity contribution >= 4 is 8.63 Å². The molecule has 0 bridgehead atoms. The van der Waals surface area contributed by atoms with E-state index in [1.165, 1.54) is 26.2 Å². The fourth-order valence-corrected chi connectivity index (χ4v) is 0.760. The zero-order valence-corrected chi connectivity index (χ0v) is 7.75. The van der Waals surface area contributed by atoms with E-state index in [1.807, 2.05) is 0 Å². The van der Waals surface area contributed by atoms with Crippen LogP contribution in [0.2, 0.25) is 0 Å². The zero-order valence-electron chi connectivity index (χ0n) is 6.75. The SMILES string of the molecule is C1C[NH2+]CC[NH2+]1.F[Si-2](F)(F)(F)(F)F. The van der Waals surface area contributed by atoms with Crippen LogP contribution in [0.1, 0.15) is 0 Å². The third-order valence-corrected chi connectivity index (χ3v) is 1.15. The molecule has 1 saturated heterocycles. The second kappa shape index (κ2) is 3.14. The Hall–Kier alpha value is -0.283. The number of halogens is 6. The van der Waals surface area contributed by atoms with Crippen LogP contribution in [0.5, 0.6) is 0 Å². The van der Waals surface area contributed by atoms with E-state index in [4.69, 9.17) is 0 Å². The van der Waals surface area contributed by atoms with Crippen LogP contribution in [0.25, 0.3) is 0 Å². The monoisotopic (exact) mass is 230 g/mol. The van der Waals surface area contributed by atoms with Gasteiger partial charge >= 0.3 is 33.3 Å². The number of hydrogen-bond acceptors (Lipinski definition) is 0. The number of piperazine rings is 1. The Morgan fingerprint density at radius 2 is 0.769 bits per heavy atom. The van der Waals surface area contributed by atoms with Gasteiger partial charge in [-0.05, 0) is 0 Å². The van der Waals surface area contributed by atoms with Crippen LogP contribution in [0.15, 0.2) is 0 Å². The molecule has 13 heavy (non-hydrogen) atoms. The molecule has 1 rings (SSSR count). The van der Waals surface area contributed by atoms with Gasteiger partial charge in [0.1, 0.15) is 26.2 Å². The van der Waals surface area contributed by atoms with Crippen molar-refractivity contribution < 1.29 is 35.3 Å². The first-order chi connectivity index (χ1) is 5.45. The van der Waals surface area contributed by atoms with Crippen LogP contribution in [0.4, 0.5) is 24.6 Å². The van der Waals surface area contributed by atoms with E-state index >= 15 is 0 Å². The summed E-state index contributed by atoms with van der Waals surface area (Å²) in [6.07, 6.45) is 0. The predicted molar refractivity (Wildman–Crippen MR) is 35.7 cm³/mol. The summed E-state index contributed by atoms with van der Waals surface area (Å²) in [5.74, 6) is 0. The van der Waals surface area contributed by atoms with Crippen molar-refractivity contribution in [1.29, 1.82) is 0 Å². The molecule has 4 N–H and O–H groups in total. The average Bonchev–Trinajstić information content (AvgIpc) is 1.84. The molecule has 0 amide bonds. The second-order valence-corrected chi connectivity index (χ2v) is 4.95. The number of rotatable bonds is 0. The van der Waals surface area contributed by atoms with Crippen molar-refractivity contribution in [3.8, 4) is 0 Å². The normalized spacial score (nSPS) is 23.5. The van der Waals surface area contributed by atoms with Crippen molar-refractivity contribution in [3.05, 3.63) is 0 Å². The Morgan fingerprint density at radius 3 is 0.846 bits per heavy atom. The molecule has 0 spiro atoms. The first kappa shape index (κ1) is 12.7. The quantitative estimate of drug-likeness (QED) is 0.312. The summed E-state index contributed by atoms with van der Waals surface area (Å²) in [4.78, 5) is 0. The molecule has 84 valence electrons. The topological polar surface area (TPSA) is 33.2 Å². The van der Waals surface area contributed by atoms with Crippen LogP contribution < -0.4 is 10.6 Å². The molecule has 0 aromatic heterocycles. The first-order valence-electron chi connectivity index (χ1n) is 3.77. The standard InChI is InChI=1S/C4H10N2.F6Si/c1-2-6-4-3-5-1;1-7(2,3,4,5)6/h5-6H,1-4H2;/q;-2/p+2. The Balaban J connectivity index is 0.000000223. The van der Waals surface area contributed by atoms with Gasteiger partial charge in [0.15, 0.2) is 0 Å². The molecule has 0 radical (unpaired) electrons. The summed E-state index contributed by atoms with van der Waals surface area (Å²) < 4.78 is 59.3. The Kier molecular flexibility index (Phi) is 3.07. The molecule has 1 fully saturated rings. The predicted octanol–water partition coefficient (Wildman–Crippen LogP) is -0.733. The number of nitrogens with two attached hydrogens (primary N) is 2. The van der Waals surface area contributed by atoms with Crippen LogP contribution >= 0.6 is 0 Å². The van der Waals surface area contributed by atoms with Gasteiger partial charge < -0.3 is 10.6 Å². The van der Waals surface area contributed by atoms with Gasteiger partial charge in [0.2, 0.25) is 0 Å². The number of quaternary nitrogens is 2. The molecule has 0 saturated carbocycles. The van der Waals surface area contributed by atoms with E-state index in [0.29, 0.717) is 0 Å². The van der Waals surface area contributed by atoms with Crippen molar-refractivity contribution in [2.45, 2.75) is 0 Å². The van der Waals surface area contributed by atoms with Gasteiger partial charge in [0, 0.05) is 0 Å². The summed E-state index contributed by atoms with van der Waals surface area (Å²) in [6, 6.07) is 0. The maximum absolute atomic E-state index is 10.8. The molecule has 9 heteroatoms. The van der Waals surface area contributed by atoms with E-state index in [9.17, 15) is 24.6 Å². The molecule has 0 aromatic rings. The van der Waals surface area contributed by atoms with Gasteiger partial charge in [-0.1, -0.05) is 0 Å². The second-order valence-electron chi connectivity index (χ2n) is 2.80. The molecule has 1 aliphatic heterocycles. The van der Waals surface area contributed by atoms with E-state index in [0.717, 1.165) is 0 Å². The zero-order chi connectivity index (χ0) is 10.7. The molecule has 1 heterocycles. The minimum atomic E-state index is -10.8. The van der Waals surface area contributed by atoms with Crippen molar-refractivity contribution in [2.75, 3.05) is 26.2 Å². The van der Waals surface area contributed by atoms with Gasteiger partial charge in [-0.3, -0.25) is 0 Å².